The summed E-state index contributed by atoms with van der Waals surface area (Å²) in [4.78, 5) is 3.70. The van der Waals surface area contributed by atoms with Gasteiger partial charge in [-0.1, -0.05) is 18.2 Å². The van der Waals surface area contributed by atoms with Crippen molar-refractivity contribution >= 4 is 21.5 Å². The Labute approximate surface area is 112 Å². The zero-order valence-electron chi connectivity index (χ0n) is 10.6. The van der Waals surface area contributed by atoms with Gasteiger partial charge in [0.2, 0.25) is 0 Å². The summed E-state index contributed by atoms with van der Waals surface area (Å²) in [6.07, 6.45) is 1.34. The van der Waals surface area contributed by atoms with Crippen molar-refractivity contribution in [1.29, 1.82) is 0 Å². The average molecular weight is 278 g/mol. The normalized spacial score (nSPS) is 11.3. The first-order valence-electron chi connectivity index (χ1n) is 5.65. The van der Waals surface area contributed by atoms with Crippen LogP contribution in [-0.4, -0.2) is 18.0 Å². The van der Waals surface area contributed by atoms with Gasteiger partial charge in [-0.2, -0.15) is 8.42 Å². The number of anilines is 2. The van der Waals surface area contributed by atoms with Gasteiger partial charge in [-0.15, -0.1) is 0 Å². The van der Waals surface area contributed by atoms with Crippen molar-refractivity contribution in [2.45, 2.75) is 18.9 Å². The molecule has 1 aromatic carbocycles. The Morgan fingerprint density at radius 1 is 1.11 bits per heavy atom. The summed E-state index contributed by atoms with van der Waals surface area (Å²) in [5, 5.41) is 2.81. The van der Waals surface area contributed by atoms with Crippen molar-refractivity contribution < 1.29 is 13.0 Å². The second-order valence-electron chi connectivity index (χ2n) is 4.20. The van der Waals surface area contributed by atoms with E-state index in [2.05, 4.69) is 10.3 Å². The maximum absolute atomic E-state index is 11.2. The molecule has 0 saturated heterocycles. The van der Waals surface area contributed by atoms with Crippen LogP contribution < -0.4 is 5.32 Å². The number of nitrogens with one attached hydrogen (secondary N) is 1. The van der Waals surface area contributed by atoms with E-state index in [1.54, 1.807) is 13.0 Å². The predicted octanol–water partition coefficient (Wildman–Crippen LogP) is 2.69. The highest BCUT2D eigenvalue weighted by molar-refractivity contribution is 7.85. The van der Waals surface area contributed by atoms with Crippen LogP contribution in [0.1, 0.15) is 11.1 Å². The molecule has 19 heavy (non-hydrogen) atoms. The van der Waals surface area contributed by atoms with Gasteiger partial charge in [0.15, 0.2) is 5.03 Å². The van der Waals surface area contributed by atoms with E-state index < -0.39 is 10.1 Å². The number of nitrogens with zero attached hydrogens (tertiary/aromatic N) is 1. The molecule has 6 heteroatoms. The number of hydrogen-bond acceptors (Lipinski definition) is 4. The topological polar surface area (TPSA) is 79.3 Å². The Hall–Kier alpha value is -1.92. The average Bonchev–Trinajstić information content (AvgIpc) is 2.33. The number of aromatic nitrogens is 1. The number of hydrogen-bond donors (Lipinski definition) is 2. The summed E-state index contributed by atoms with van der Waals surface area (Å²) in [6.45, 7) is 3.54. The van der Waals surface area contributed by atoms with Gasteiger partial charge >= 0.3 is 10.1 Å². The Kier molecular flexibility index (Phi) is 3.55. The van der Waals surface area contributed by atoms with Crippen LogP contribution in [0.25, 0.3) is 0 Å². The van der Waals surface area contributed by atoms with E-state index in [0.717, 1.165) is 11.3 Å². The van der Waals surface area contributed by atoms with E-state index in [4.69, 9.17) is 4.55 Å². The minimum absolute atomic E-state index is 0.328. The number of pyridine rings is 1. The van der Waals surface area contributed by atoms with Crippen LogP contribution in [0.4, 0.5) is 11.4 Å². The van der Waals surface area contributed by atoms with Crippen molar-refractivity contribution in [1.82, 2.24) is 4.98 Å². The van der Waals surface area contributed by atoms with Gasteiger partial charge in [-0.25, -0.2) is 4.98 Å². The van der Waals surface area contributed by atoms with Gasteiger partial charge in [-0.3, -0.25) is 4.55 Å². The molecular formula is C13H14N2O3S. The first-order valence-corrected chi connectivity index (χ1v) is 7.09. The SMILES string of the molecule is Cc1ccccc1Nc1ccnc(S(=O)(=O)O)c1C. The number of para-hydroxylation sites is 1. The first kappa shape index (κ1) is 13.5. The van der Waals surface area contributed by atoms with Gasteiger partial charge in [-0.05, 0) is 31.5 Å². The summed E-state index contributed by atoms with van der Waals surface area (Å²) in [5.41, 5.74) is 2.88. The summed E-state index contributed by atoms with van der Waals surface area (Å²) in [7, 11) is -4.31. The molecule has 0 aliphatic rings. The molecule has 0 saturated carbocycles. The molecule has 100 valence electrons. The van der Waals surface area contributed by atoms with E-state index in [1.807, 2.05) is 31.2 Å². The Balaban J connectivity index is 2.46. The molecule has 0 radical (unpaired) electrons. The molecule has 0 aliphatic heterocycles. The molecule has 0 unspecified atom stereocenters. The van der Waals surface area contributed by atoms with E-state index in [0.29, 0.717) is 11.3 Å². The molecule has 0 spiro atoms. The zero-order chi connectivity index (χ0) is 14.0. The van der Waals surface area contributed by atoms with E-state index in [1.165, 1.54) is 6.20 Å². The van der Waals surface area contributed by atoms with Gasteiger partial charge in [0.05, 0.1) is 0 Å². The van der Waals surface area contributed by atoms with Gasteiger partial charge in [0.25, 0.3) is 0 Å². The van der Waals surface area contributed by atoms with Crippen LogP contribution in [0.15, 0.2) is 41.6 Å². The standard InChI is InChI=1S/C13H14N2O3S/c1-9-5-3-4-6-11(9)15-12-7-8-14-13(10(12)2)19(16,17)18/h3-8H,1-2H3,(H,14,15)(H,16,17,18). The van der Waals surface area contributed by atoms with Crippen molar-refractivity contribution in [3.63, 3.8) is 0 Å². The fraction of sp³-hybridized carbons (Fsp3) is 0.154. The lowest BCUT2D eigenvalue weighted by Crippen LogP contribution is -2.06. The zero-order valence-corrected chi connectivity index (χ0v) is 11.4. The predicted molar refractivity (Wildman–Crippen MR) is 73.3 cm³/mol. The Morgan fingerprint density at radius 2 is 1.79 bits per heavy atom. The Bertz CT molecular complexity index is 712. The largest absolute Gasteiger partial charge is 0.355 e. The third-order valence-electron chi connectivity index (χ3n) is 2.82. The highest BCUT2D eigenvalue weighted by atomic mass is 32.2. The number of rotatable bonds is 3. The maximum Gasteiger partial charge on any atom is 0.312 e. The van der Waals surface area contributed by atoms with E-state index >= 15 is 0 Å². The highest BCUT2D eigenvalue weighted by Gasteiger charge is 2.17. The van der Waals surface area contributed by atoms with E-state index in [9.17, 15) is 8.42 Å². The smallest absolute Gasteiger partial charge is 0.312 e. The van der Waals surface area contributed by atoms with E-state index in [-0.39, 0.29) is 5.03 Å². The molecule has 0 atom stereocenters. The molecule has 0 aliphatic carbocycles. The van der Waals surface area contributed by atoms with Crippen LogP contribution >= 0.6 is 0 Å². The molecule has 2 N–H and O–H groups in total. The lowest BCUT2D eigenvalue weighted by Gasteiger charge is -2.12. The second-order valence-corrected chi connectivity index (χ2v) is 5.54. The fourth-order valence-electron chi connectivity index (χ4n) is 1.77. The summed E-state index contributed by atoms with van der Waals surface area (Å²) in [5.74, 6) is 0. The Morgan fingerprint density at radius 3 is 2.42 bits per heavy atom. The minimum atomic E-state index is -4.31. The molecule has 1 heterocycles. The van der Waals surface area contributed by atoms with Crippen LogP contribution in [0.2, 0.25) is 0 Å². The van der Waals surface area contributed by atoms with Gasteiger partial charge in [0, 0.05) is 23.1 Å². The van der Waals surface area contributed by atoms with Gasteiger partial charge < -0.3 is 5.32 Å². The van der Waals surface area contributed by atoms with Crippen molar-refractivity contribution in [2.75, 3.05) is 5.32 Å². The van der Waals surface area contributed by atoms with Crippen LogP contribution in [0, 0.1) is 13.8 Å². The van der Waals surface area contributed by atoms with Crippen molar-refractivity contribution in [3.05, 3.63) is 47.7 Å². The number of aryl methyl sites for hydroxylation is 1. The minimum Gasteiger partial charge on any atom is -0.355 e. The molecule has 0 fully saturated rings. The third kappa shape index (κ3) is 2.91. The molecule has 5 nitrogen and oxygen atoms in total. The summed E-state index contributed by atoms with van der Waals surface area (Å²) in [6, 6.07) is 9.31. The van der Waals surface area contributed by atoms with Crippen LogP contribution in [-0.2, 0) is 10.1 Å². The lowest BCUT2D eigenvalue weighted by atomic mass is 10.2. The molecule has 0 amide bonds. The molecule has 2 rings (SSSR count). The highest BCUT2D eigenvalue weighted by Crippen LogP contribution is 2.25. The summed E-state index contributed by atoms with van der Waals surface area (Å²) >= 11 is 0. The number of benzene rings is 1. The maximum atomic E-state index is 11.2. The van der Waals surface area contributed by atoms with Crippen LogP contribution in [0.5, 0.6) is 0 Å². The second kappa shape index (κ2) is 4.99. The first-order chi connectivity index (χ1) is 8.89. The fourth-order valence-corrected chi connectivity index (χ4v) is 2.46. The molecule has 1 aromatic heterocycles. The monoisotopic (exact) mass is 278 g/mol. The van der Waals surface area contributed by atoms with Crippen LogP contribution in [0.3, 0.4) is 0 Å². The summed E-state index contributed by atoms with van der Waals surface area (Å²) < 4.78 is 31.5. The molecule has 2 aromatic rings. The molecular weight excluding hydrogens is 264 g/mol. The molecule has 0 bridgehead atoms. The van der Waals surface area contributed by atoms with Crippen molar-refractivity contribution in [3.8, 4) is 0 Å². The quantitative estimate of drug-likeness (QED) is 0.844. The van der Waals surface area contributed by atoms with Crippen molar-refractivity contribution in [2.24, 2.45) is 0 Å². The lowest BCUT2D eigenvalue weighted by molar-refractivity contribution is 0.478. The van der Waals surface area contributed by atoms with Gasteiger partial charge in [0.1, 0.15) is 0 Å². The third-order valence-corrected chi connectivity index (χ3v) is 3.72.